The molecule has 3 aliphatic rings. The van der Waals surface area contributed by atoms with Crippen molar-refractivity contribution in [3.8, 4) is 11.1 Å². The number of benzene rings is 2. The number of likely N-dealkylation sites (tertiary alicyclic amines) is 1. The third-order valence-corrected chi connectivity index (χ3v) is 7.85. The molecule has 184 valence electrons. The molecule has 2 aliphatic carbocycles. The van der Waals surface area contributed by atoms with Crippen LogP contribution in [-0.4, -0.2) is 53.2 Å². The Morgan fingerprint density at radius 1 is 0.914 bits per heavy atom. The molecular weight excluding hydrogens is 444 g/mol. The maximum atomic E-state index is 12.9. The molecule has 2 aromatic rings. The number of ether oxygens (including phenoxy) is 1. The standard InChI is InChI=1S/C28H32N2O5/c31-26(30-15-7-14-25(30)27(32)33)16-18-8-1-6-13-24(18)29-28(34)35-17-23-21-11-4-2-9-19(21)20-10-3-5-12-22(20)23/h2-5,9-12,18,23-25H,1,6-8,13-17H2,(H,29,34)(H,32,33)/t18-,24-,25-/m0/s1. The van der Waals surface area contributed by atoms with Crippen LogP contribution in [0.5, 0.6) is 0 Å². The first-order chi connectivity index (χ1) is 17.0. The number of hydrogen-bond donors (Lipinski definition) is 2. The van der Waals surface area contributed by atoms with Gasteiger partial charge in [0.1, 0.15) is 12.6 Å². The van der Waals surface area contributed by atoms with E-state index in [0.29, 0.717) is 13.0 Å². The number of carbonyl (C=O) groups is 3. The number of amides is 2. The Morgan fingerprint density at radius 2 is 1.57 bits per heavy atom. The van der Waals surface area contributed by atoms with E-state index in [-0.39, 0.29) is 36.8 Å². The van der Waals surface area contributed by atoms with Crippen molar-refractivity contribution in [2.75, 3.05) is 13.2 Å². The highest BCUT2D eigenvalue weighted by atomic mass is 16.5. The van der Waals surface area contributed by atoms with E-state index in [2.05, 4.69) is 29.6 Å². The second-order valence-corrected chi connectivity index (χ2v) is 9.91. The molecule has 1 saturated heterocycles. The average molecular weight is 477 g/mol. The first-order valence-corrected chi connectivity index (χ1v) is 12.7. The van der Waals surface area contributed by atoms with Gasteiger partial charge in [-0.05, 0) is 53.9 Å². The fourth-order valence-corrected chi connectivity index (χ4v) is 6.10. The Bertz CT molecular complexity index is 1070. The summed E-state index contributed by atoms with van der Waals surface area (Å²) >= 11 is 0. The predicted octanol–water partition coefficient (Wildman–Crippen LogP) is 4.55. The Labute approximate surface area is 205 Å². The highest BCUT2D eigenvalue weighted by Crippen LogP contribution is 2.44. The van der Waals surface area contributed by atoms with Crippen molar-refractivity contribution >= 4 is 18.0 Å². The molecule has 0 aromatic heterocycles. The molecule has 7 heteroatoms. The lowest BCUT2D eigenvalue weighted by atomic mass is 9.82. The molecule has 0 unspecified atom stereocenters. The van der Waals surface area contributed by atoms with Crippen molar-refractivity contribution in [1.82, 2.24) is 10.2 Å². The van der Waals surface area contributed by atoms with Crippen LogP contribution >= 0.6 is 0 Å². The minimum Gasteiger partial charge on any atom is -0.480 e. The number of nitrogens with one attached hydrogen (secondary N) is 1. The molecule has 0 spiro atoms. The molecule has 2 N–H and O–H groups in total. The minimum absolute atomic E-state index is 0.000000687. The normalized spacial score (nSPS) is 23.4. The zero-order valence-corrected chi connectivity index (χ0v) is 19.8. The maximum absolute atomic E-state index is 12.9. The molecule has 0 radical (unpaired) electrons. The third-order valence-electron chi connectivity index (χ3n) is 7.85. The summed E-state index contributed by atoms with van der Waals surface area (Å²) < 4.78 is 5.72. The first-order valence-electron chi connectivity index (χ1n) is 12.7. The van der Waals surface area contributed by atoms with E-state index in [4.69, 9.17) is 4.74 Å². The molecule has 1 saturated carbocycles. The monoisotopic (exact) mass is 476 g/mol. The quantitative estimate of drug-likeness (QED) is 0.638. The second-order valence-electron chi connectivity index (χ2n) is 9.91. The summed E-state index contributed by atoms with van der Waals surface area (Å²) in [6.45, 7) is 0.747. The lowest BCUT2D eigenvalue weighted by Crippen LogP contribution is -2.46. The van der Waals surface area contributed by atoms with Gasteiger partial charge in [0, 0.05) is 24.9 Å². The molecule has 35 heavy (non-hydrogen) atoms. The van der Waals surface area contributed by atoms with Crippen LogP contribution in [0.3, 0.4) is 0 Å². The summed E-state index contributed by atoms with van der Waals surface area (Å²) in [5, 5.41) is 12.4. The number of alkyl carbamates (subject to hydrolysis) is 1. The van der Waals surface area contributed by atoms with E-state index in [9.17, 15) is 19.5 Å². The van der Waals surface area contributed by atoms with Gasteiger partial charge in [-0.1, -0.05) is 61.4 Å². The van der Waals surface area contributed by atoms with Crippen LogP contribution in [0, 0.1) is 5.92 Å². The predicted molar refractivity (Wildman–Crippen MR) is 131 cm³/mol. The van der Waals surface area contributed by atoms with Gasteiger partial charge in [-0.3, -0.25) is 4.79 Å². The van der Waals surface area contributed by atoms with E-state index < -0.39 is 18.1 Å². The number of carbonyl (C=O) groups excluding carboxylic acids is 2. The summed E-state index contributed by atoms with van der Waals surface area (Å²) in [6, 6.07) is 15.6. The van der Waals surface area contributed by atoms with Crippen molar-refractivity contribution < 1.29 is 24.2 Å². The Morgan fingerprint density at radius 3 is 2.26 bits per heavy atom. The van der Waals surface area contributed by atoms with Crippen LogP contribution in [0.1, 0.15) is 62.0 Å². The lowest BCUT2D eigenvalue weighted by Gasteiger charge is -2.33. The van der Waals surface area contributed by atoms with Crippen molar-refractivity contribution in [2.24, 2.45) is 5.92 Å². The van der Waals surface area contributed by atoms with Gasteiger partial charge >= 0.3 is 12.1 Å². The van der Waals surface area contributed by atoms with Crippen molar-refractivity contribution in [3.63, 3.8) is 0 Å². The Hall–Kier alpha value is -3.35. The van der Waals surface area contributed by atoms with Gasteiger partial charge in [0.15, 0.2) is 0 Å². The van der Waals surface area contributed by atoms with E-state index in [0.717, 1.165) is 32.1 Å². The summed E-state index contributed by atoms with van der Waals surface area (Å²) in [6.07, 6.45) is 4.65. The molecule has 0 bridgehead atoms. The lowest BCUT2D eigenvalue weighted by molar-refractivity contribution is -0.148. The molecular formula is C28H32N2O5. The fourth-order valence-electron chi connectivity index (χ4n) is 6.10. The van der Waals surface area contributed by atoms with E-state index in [1.807, 2.05) is 24.3 Å². The van der Waals surface area contributed by atoms with Crippen LogP contribution in [0.15, 0.2) is 48.5 Å². The van der Waals surface area contributed by atoms with Gasteiger partial charge < -0.3 is 20.1 Å². The van der Waals surface area contributed by atoms with E-state index >= 15 is 0 Å². The van der Waals surface area contributed by atoms with E-state index in [1.165, 1.54) is 27.2 Å². The van der Waals surface area contributed by atoms with Gasteiger partial charge in [0.05, 0.1) is 0 Å². The zero-order valence-electron chi connectivity index (χ0n) is 19.8. The van der Waals surface area contributed by atoms with Crippen molar-refractivity contribution in [3.05, 3.63) is 59.7 Å². The Balaban J connectivity index is 1.20. The summed E-state index contributed by atoms with van der Waals surface area (Å²) in [5.41, 5.74) is 4.71. The third kappa shape index (κ3) is 4.77. The van der Waals surface area contributed by atoms with Gasteiger partial charge in [0.2, 0.25) is 5.91 Å². The smallest absolute Gasteiger partial charge is 0.407 e. The number of carboxylic acid groups (broad SMARTS) is 1. The van der Waals surface area contributed by atoms with Crippen LogP contribution in [-0.2, 0) is 14.3 Å². The highest BCUT2D eigenvalue weighted by molar-refractivity contribution is 5.84. The van der Waals surface area contributed by atoms with Gasteiger partial charge in [-0.25, -0.2) is 9.59 Å². The Kier molecular flexibility index (Phi) is 6.75. The largest absolute Gasteiger partial charge is 0.480 e. The number of aliphatic carboxylic acids is 1. The molecule has 1 heterocycles. The second kappa shape index (κ2) is 10.1. The highest BCUT2D eigenvalue weighted by Gasteiger charge is 2.37. The molecule has 3 atom stereocenters. The van der Waals surface area contributed by atoms with Crippen LogP contribution < -0.4 is 5.32 Å². The van der Waals surface area contributed by atoms with Gasteiger partial charge in [-0.2, -0.15) is 0 Å². The molecule has 1 aliphatic heterocycles. The summed E-state index contributed by atoms with van der Waals surface area (Å²) in [7, 11) is 0. The van der Waals surface area contributed by atoms with Crippen molar-refractivity contribution in [2.45, 2.75) is 62.9 Å². The molecule has 5 rings (SSSR count). The van der Waals surface area contributed by atoms with Gasteiger partial charge in [-0.15, -0.1) is 0 Å². The number of fused-ring (bicyclic) bond motifs is 3. The van der Waals surface area contributed by atoms with Crippen LogP contribution in [0.2, 0.25) is 0 Å². The number of nitrogens with zero attached hydrogens (tertiary/aromatic N) is 1. The minimum atomic E-state index is -0.937. The zero-order chi connectivity index (χ0) is 24.4. The number of rotatable bonds is 6. The van der Waals surface area contributed by atoms with Gasteiger partial charge in [0.25, 0.3) is 0 Å². The molecule has 2 aromatic carbocycles. The fraction of sp³-hybridized carbons (Fsp3) is 0.464. The summed E-state index contributed by atoms with van der Waals surface area (Å²) in [5.74, 6) is -1.07. The molecule has 7 nitrogen and oxygen atoms in total. The maximum Gasteiger partial charge on any atom is 0.407 e. The SMILES string of the molecule is O=C(N[C@H]1CCCC[C@H]1CC(=O)N1CCC[C@H]1C(=O)O)OCC1c2ccccc2-c2ccccc21. The average Bonchev–Trinajstić information content (AvgIpc) is 3.48. The van der Waals surface area contributed by atoms with E-state index in [1.54, 1.807) is 0 Å². The molecule has 2 amide bonds. The summed E-state index contributed by atoms with van der Waals surface area (Å²) in [4.78, 5) is 38.7. The van der Waals surface area contributed by atoms with Crippen LogP contribution in [0.25, 0.3) is 11.1 Å². The topological polar surface area (TPSA) is 95.9 Å². The van der Waals surface area contributed by atoms with Crippen LogP contribution in [0.4, 0.5) is 4.79 Å². The molecule has 2 fully saturated rings. The first kappa shape index (κ1) is 23.4. The van der Waals surface area contributed by atoms with Crippen molar-refractivity contribution in [1.29, 1.82) is 0 Å². The number of hydrogen-bond acceptors (Lipinski definition) is 4. The number of carboxylic acids is 1.